The Morgan fingerprint density at radius 3 is 2.13 bits per heavy atom. The van der Waals surface area contributed by atoms with Gasteiger partial charge in [0.25, 0.3) is 0 Å². The average molecular weight is 330 g/mol. The zero-order valence-corrected chi connectivity index (χ0v) is 14.1. The van der Waals surface area contributed by atoms with Crippen molar-refractivity contribution in [2.45, 2.75) is 6.42 Å². The topological polar surface area (TPSA) is 0 Å². The van der Waals surface area contributed by atoms with Crippen molar-refractivity contribution in [3.05, 3.63) is 82.6 Å². The van der Waals surface area contributed by atoms with Gasteiger partial charge in [-0.3, -0.25) is 0 Å². The highest BCUT2D eigenvalue weighted by Crippen LogP contribution is 2.47. The molecule has 0 bridgehead atoms. The lowest BCUT2D eigenvalue weighted by molar-refractivity contribution is 1.27. The van der Waals surface area contributed by atoms with Gasteiger partial charge in [-0.05, 0) is 51.6 Å². The summed E-state index contributed by atoms with van der Waals surface area (Å²) in [5.74, 6) is 0. The quantitative estimate of drug-likeness (QED) is 0.337. The van der Waals surface area contributed by atoms with Gasteiger partial charge in [-0.15, -0.1) is 22.7 Å². The van der Waals surface area contributed by atoms with E-state index in [1.54, 1.807) is 0 Å². The highest BCUT2D eigenvalue weighted by atomic mass is 32.1. The molecule has 110 valence electrons. The van der Waals surface area contributed by atoms with Crippen molar-refractivity contribution in [2.75, 3.05) is 0 Å². The predicted molar refractivity (Wildman–Crippen MR) is 101 cm³/mol. The van der Waals surface area contributed by atoms with E-state index in [2.05, 4.69) is 71.4 Å². The number of hydrogen-bond donors (Lipinski definition) is 0. The number of rotatable bonds is 2. The van der Waals surface area contributed by atoms with Crippen LogP contribution in [0.5, 0.6) is 0 Å². The molecule has 0 aliphatic heterocycles. The van der Waals surface area contributed by atoms with Gasteiger partial charge in [0.05, 0.1) is 0 Å². The van der Waals surface area contributed by atoms with E-state index in [0.717, 1.165) is 6.42 Å². The molecule has 0 N–H and O–H groups in total. The molecule has 0 unspecified atom stereocenters. The first kappa shape index (κ1) is 13.3. The van der Waals surface area contributed by atoms with Crippen molar-refractivity contribution >= 4 is 22.7 Å². The summed E-state index contributed by atoms with van der Waals surface area (Å²) in [5.41, 5.74) is 8.54. The van der Waals surface area contributed by atoms with Crippen LogP contribution < -0.4 is 0 Å². The van der Waals surface area contributed by atoms with Crippen molar-refractivity contribution in [3.8, 4) is 32.0 Å². The molecule has 0 amide bonds. The summed E-state index contributed by atoms with van der Waals surface area (Å²) >= 11 is 3.66. The zero-order valence-electron chi connectivity index (χ0n) is 12.5. The van der Waals surface area contributed by atoms with Gasteiger partial charge >= 0.3 is 0 Å². The van der Waals surface area contributed by atoms with Crippen molar-refractivity contribution in [2.24, 2.45) is 0 Å². The van der Waals surface area contributed by atoms with Crippen LogP contribution in [-0.2, 0) is 6.42 Å². The minimum atomic E-state index is 1.04. The molecule has 1 aliphatic carbocycles. The van der Waals surface area contributed by atoms with Crippen LogP contribution in [-0.4, -0.2) is 0 Å². The average Bonchev–Trinajstić information content (AvgIpc) is 3.33. The number of thiophene rings is 2. The molecule has 2 heterocycles. The third-order valence-corrected chi connectivity index (χ3v) is 6.33. The van der Waals surface area contributed by atoms with Crippen LogP contribution >= 0.6 is 22.7 Å². The number of hydrogen-bond acceptors (Lipinski definition) is 2. The molecular weight excluding hydrogens is 316 g/mol. The minimum Gasteiger partial charge on any atom is -0.144 e. The van der Waals surface area contributed by atoms with E-state index >= 15 is 0 Å². The third kappa shape index (κ3) is 2.03. The second kappa shape index (κ2) is 5.19. The molecule has 0 saturated heterocycles. The van der Waals surface area contributed by atoms with Gasteiger partial charge in [0.1, 0.15) is 0 Å². The van der Waals surface area contributed by atoms with Crippen LogP contribution in [0.25, 0.3) is 32.0 Å². The van der Waals surface area contributed by atoms with E-state index in [-0.39, 0.29) is 0 Å². The lowest BCUT2D eigenvalue weighted by Crippen LogP contribution is -1.90. The Hall–Kier alpha value is -2.16. The highest BCUT2D eigenvalue weighted by molar-refractivity contribution is 7.14. The summed E-state index contributed by atoms with van der Waals surface area (Å²) < 4.78 is 0. The van der Waals surface area contributed by atoms with E-state index in [4.69, 9.17) is 0 Å². The van der Waals surface area contributed by atoms with Crippen LogP contribution in [0.4, 0.5) is 0 Å². The lowest BCUT2D eigenvalue weighted by Gasteiger charge is -2.13. The SMILES string of the molecule is c1csc(-c2ccc3c(c2-c2cccs2)Cc2ccccc2-3)c1. The molecule has 1 aliphatic rings. The molecule has 0 fully saturated rings. The summed E-state index contributed by atoms with van der Waals surface area (Å²) in [6.45, 7) is 0. The maximum atomic E-state index is 2.31. The standard InChI is InChI=1S/C21H14S2/c1-2-6-15-14(5-1)13-18-16(15)9-10-17(19-7-3-11-22-19)21(18)20-8-4-12-23-20/h1-12H,13H2. The monoisotopic (exact) mass is 330 g/mol. The Morgan fingerprint density at radius 1 is 0.609 bits per heavy atom. The maximum absolute atomic E-state index is 2.31. The smallest absolute Gasteiger partial charge is 0.0352 e. The Morgan fingerprint density at radius 2 is 1.35 bits per heavy atom. The van der Waals surface area contributed by atoms with Gasteiger partial charge in [0, 0.05) is 20.9 Å². The zero-order chi connectivity index (χ0) is 15.2. The first-order chi connectivity index (χ1) is 11.4. The lowest BCUT2D eigenvalue weighted by atomic mass is 9.94. The van der Waals surface area contributed by atoms with Crippen LogP contribution in [0.1, 0.15) is 11.1 Å². The molecule has 5 rings (SSSR count). The van der Waals surface area contributed by atoms with Gasteiger partial charge in [0.2, 0.25) is 0 Å². The molecule has 0 spiro atoms. The van der Waals surface area contributed by atoms with Crippen LogP contribution in [0, 0.1) is 0 Å². The predicted octanol–water partition coefficient (Wildman–Crippen LogP) is 6.71. The third-order valence-electron chi connectivity index (χ3n) is 4.54. The Balaban J connectivity index is 1.83. The van der Waals surface area contributed by atoms with Gasteiger partial charge < -0.3 is 0 Å². The molecule has 2 heteroatoms. The molecular formula is C21H14S2. The van der Waals surface area contributed by atoms with E-state index in [1.165, 1.54) is 43.1 Å². The number of benzene rings is 2. The normalized spacial score (nSPS) is 12.2. The molecule has 4 aromatic rings. The molecule has 0 atom stereocenters. The largest absolute Gasteiger partial charge is 0.144 e. The van der Waals surface area contributed by atoms with Crippen molar-refractivity contribution in [1.29, 1.82) is 0 Å². The van der Waals surface area contributed by atoms with Crippen LogP contribution in [0.15, 0.2) is 71.4 Å². The molecule has 0 saturated carbocycles. The second-order valence-corrected chi connectivity index (χ2v) is 7.70. The summed E-state index contributed by atoms with van der Waals surface area (Å²) in [6.07, 6.45) is 1.04. The minimum absolute atomic E-state index is 1.04. The molecule has 2 aromatic heterocycles. The van der Waals surface area contributed by atoms with E-state index < -0.39 is 0 Å². The fraction of sp³-hybridized carbons (Fsp3) is 0.0476. The van der Waals surface area contributed by atoms with Crippen molar-refractivity contribution in [3.63, 3.8) is 0 Å². The van der Waals surface area contributed by atoms with Crippen LogP contribution in [0.3, 0.4) is 0 Å². The summed E-state index contributed by atoms with van der Waals surface area (Å²) in [7, 11) is 0. The van der Waals surface area contributed by atoms with Gasteiger partial charge in [0.15, 0.2) is 0 Å². The van der Waals surface area contributed by atoms with Gasteiger partial charge in [-0.25, -0.2) is 0 Å². The van der Waals surface area contributed by atoms with Crippen molar-refractivity contribution in [1.82, 2.24) is 0 Å². The molecule has 23 heavy (non-hydrogen) atoms. The fourth-order valence-corrected chi connectivity index (χ4v) is 5.12. The summed E-state index contributed by atoms with van der Waals surface area (Å²) in [6, 6.07) is 22.2. The Labute approximate surface area is 143 Å². The second-order valence-electron chi connectivity index (χ2n) is 5.80. The number of fused-ring (bicyclic) bond motifs is 3. The maximum Gasteiger partial charge on any atom is 0.0352 e. The highest BCUT2D eigenvalue weighted by Gasteiger charge is 2.24. The van der Waals surface area contributed by atoms with Gasteiger partial charge in [-0.1, -0.05) is 48.5 Å². The molecule has 0 radical (unpaired) electrons. The van der Waals surface area contributed by atoms with E-state index in [1.807, 2.05) is 22.7 Å². The molecule has 0 nitrogen and oxygen atoms in total. The summed E-state index contributed by atoms with van der Waals surface area (Å²) in [4.78, 5) is 2.73. The Kier molecular flexibility index (Phi) is 3.00. The first-order valence-electron chi connectivity index (χ1n) is 7.74. The van der Waals surface area contributed by atoms with E-state index in [9.17, 15) is 0 Å². The first-order valence-corrected chi connectivity index (χ1v) is 9.49. The van der Waals surface area contributed by atoms with Crippen molar-refractivity contribution < 1.29 is 0 Å². The van der Waals surface area contributed by atoms with Gasteiger partial charge in [-0.2, -0.15) is 0 Å². The Bertz CT molecular complexity index is 977. The van der Waals surface area contributed by atoms with E-state index in [0.29, 0.717) is 0 Å². The fourth-order valence-electron chi connectivity index (χ4n) is 3.55. The van der Waals surface area contributed by atoms with Crippen LogP contribution in [0.2, 0.25) is 0 Å². The molecule has 2 aromatic carbocycles. The summed E-state index contributed by atoms with van der Waals surface area (Å²) in [5, 5.41) is 4.34.